The van der Waals surface area contributed by atoms with Crippen molar-refractivity contribution in [1.29, 1.82) is 0 Å². The van der Waals surface area contributed by atoms with E-state index in [1.54, 1.807) is 80.5 Å². The van der Waals surface area contributed by atoms with Crippen LogP contribution in [0.15, 0.2) is 82.9 Å². The second kappa shape index (κ2) is 12.1. The van der Waals surface area contributed by atoms with Crippen LogP contribution < -0.4 is 0 Å². The molecule has 37 heavy (non-hydrogen) atoms. The van der Waals surface area contributed by atoms with E-state index in [9.17, 15) is 14.4 Å². The van der Waals surface area contributed by atoms with Crippen LogP contribution in [0.5, 0.6) is 0 Å². The number of amides is 1. The summed E-state index contributed by atoms with van der Waals surface area (Å²) in [5.74, 6) is -0.384. The predicted octanol–water partition coefficient (Wildman–Crippen LogP) is 5.24. The first-order chi connectivity index (χ1) is 17.6. The summed E-state index contributed by atoms with van der Waals surface area (Å²) in [6, 6.07) is 21.3. The molecule has 1 amide bonds. The van der Waals surface area contributed by atoms with Gasteiger partial charge in [-0.05, 0) is 35.7 Å². The number of hydrogen-bond acceptors (Lipinski definition) is 5. The number of halogens is 1. The summed E-state index contributed by atoms with van der Waals surface area (Å²) in [6.07, 6.45) is -1.02. The van der Waals surface area contributed by atoms with Gasteiger partial charge in [-0.25, -0.2) is 4.79 Å². The van der Waals surface area contributed by atoms with E-state index in [1.807, 2.05) is 37.3 Å². The zero-order chi connectivity index (χ0) is 27.1. The van der Waals surface area contributed by atoms with Crippen LogP contribution in [0.3, 0.4) is 0 Å². The second-order valence-corrected chi connectivity index (χ2v) is 8.93. The Morgan fingerprint density at radius 3 is 1.95 bits per heavy atom. The Balaban J connectivity index is 1.80. The van der Waals surface area contributed by atoms with Gasteiger partial charge in [-0.15, -0.1) is 4.99 Å². The minimum atomic E-state index is -1.02. The van der Waals surface area contributed by atoms with Crippen LogP contribution in [0, 0.1) is 6.92 Å². The van der Waals surface area contributed by atoms with Crippen molar-refractivity contribution in [3.63, 3.8) is 0 Å². The number of ketones is 2. The zero-order valence-electron chi connectivity index (χ0n) is 21.2. The van der Waals surface area contributed by atoms with Crippen LogP contribution in [0.25, 0.3) is 11.1 Å². The Bertz CT molecular complexity index is 1390. The second-order valence-electron chi connectivity index (χ2n) is 8.57. The summed E-state index contributed by atoms with van der Waals surface area (Å²) in [4.78, 5) is 49.6. The zero-order valence-corrected chi connectivity index (χ0v) is 22.0. The minimum Gasteiger partial charge on any atom is -0.348 e. The summed E-state index contributed by atoms with van der Waals surface area (Å²) in [6.45, 7) is 1.89. The van der Waals surface area contributed by atoms with Gasteiger partial charge in [-0.2, -0.15) is 0 Å². The van der Waals surface area contributed by atoms with E-state index in [0.717, 1.165) is 11.1 Å². The largest absolute Gasteiger partial charge is 0.463 e. The molecule has 0 spiro atoms. The quantitative estimate of drug-likeness (QED) is 0.146. The van der Waals surface area contributed by atoms with E-state index in [2.05, 4.69) is 10.1 Å². The predicted molar refractivity (Wildman–Crippen MR) is 145 cm³/mol. The highest BCUT2D eigenvalue weighted by Gasteiger charge is 2.17. The fraction of sp³-hybridized carbons (Fsp3) is 0.179. The molecule has 8 nitrogen and oxygen atoms in total. The fourth-order valence-electron chi connectivity index (χ4n) is 3.60. The smallest absolute Gasteiger partial charge is 0.348 e. The first-order valence-corrected chi connectivity index (χ1v) is 11.7. The summed E-state index contributed by atoms with van der Waals surface area (Å²) in [5, 5.41) is 2.92. The Morgan fingerprint density at radius 2 is 1.35 bits per heavy atom. The van der Waals surface area contributed by atoms with Gasteiger partial charge in [-0.1, -0.05) is 77.4 Å². The number of benzene rings is 3. The summed E-state index contributed by atoms with van der Waals surface area (Å²) in [7, 11) is 6.86. The molecule has 0 aliphatic rings. The van der Waals surface area contributed by atoms with Gasteiger partial charge in [0.2, 0.25) is 16.9 Å². The van der Waals surface area contributed by atoms with Gasteiger partial charge in [0.15, 0.2) is 5.78 Å². The Kier molecular flexibility index (Phi) is 8.92. The number of aryl methyl sites for hydroxylation is 1. The normalized spacial score (nSPS) is 10.9. The molecule has 0 atom stereocenters. The molecule has 0 aromatic heterocycles. The molecule has 0 N–H and O–H groups in total. The maximum absolute atomic E-state index is 13.0. The average Bonchev–Trinajstić information content (AvgIpc) is 2.89. The standard InChI is InChI=1S/C28H27ClN4O4/c1-18-10-6-7-15-23(18)24(34)21-13-8-11-19(16-21)20-12-9-14-22(17-20)25(35)26(29)31-37-28(36)30-27(32(2)3)33(4)5/h6-17H,1-5H3/b31-26-. The van der Waals surface area contributed by atoms with E-state index >= 15 is 0 Å². The third-order valence-electron chi connectivity index (χ3n) is 5.36. The fourth-order valence-corrected chi connectivity index (χ4v) is 3.75. The molecule has 0 unspecified atom stereocenters. The van der Waals surface area contributed by atoms with Gasteiger partial charge in [0.05, 0.1) is 0 Å². The van der Waals surface area contributed by atoms with E-state index in [-0.39, 0.29) is 11.3 Å². The topological polar surface area (TPSA) is 91.6 Å². The van der Waals surface area contributed by atoms with Gasteiger partial charge in [0, 0.05) is 44.9 Å². The third-order valence-corrected chi connectivity index (χ3v) is 5.60. The van der Waals surface area contributed by atoms with Crippen molar-refractivity contribution in [3.8, 4) is 11.1 Å². The number of nitrogens with zero attached hydrogens (tertiary/aromatic N) is 4. The summed E-state index contributed by atoms with van der Waals surface area (Å²) in [5.41, 5.74) is 3.76. The van der Waals surface area contributed by atoms with Gasteiger partial charge in [0.25, 0.3) is 0 Å². The maximum Gasteiger partial charge on any atom is 0.463 e. The number of oxime groups is 1. The van der Waals surface area contributed by atoms with Crippen molar-refractivity contribution in [1.82, 2.24) is 9.80 Å². The molecular formula is C28H27ClN4O4. The molecule has 9 heteroatoms. The maximum atomic E-state index is 13.0. The van der Waals surface area contributed by atoms with Gasteiger partial charge >= 0.3 is 6.09 Å². The van der Waals surface area contributed by atoms with Crippen LogP contribution >= 0.6 is 11.6 Å². The SMILES string of the molecule is Cc1ccccc1C(=O)c1cccc(-c2cccc(C(=O)/C(Cl)=N/OC(=O)N=C(N(C)C)N(C)C)c2)c1. The van der Waals surface area contributed by atoms with Crippen molar-refractivity contribution in [2.24, 2.45) is 10.1 Å². The number of Topliss-reactive ketones (excluding diaryl/α,β-unsaturated/α-hetero) is 1. The number of carbonyl (C=O) groups excluding carboxylic acids is 3. The van der Waals surface area contributed by atoms with E-state index in [1.165, 1.54) is 0 Å². The molecule has 0 saturated heterocycles. The molecule has 0 radical (unpaired) electrons. The highest BCUT2D eigenvalue weighted by Crippen LogP contribution is 2.24. The van der Waals surface area contributed by atoms with Crippen molar-refractivity contribution < 1.29 is 19.2 Å². The molecule has 0 heterocycles. The number of hydrogen-bond donors (Lipinski definition) is 0. The van der Waals surface area contributed by atoms with Crippen molar-refractivity contribution in [2.45, 2.75) is 6.92 Å². The monoisotopic (exact) mass is 518 g/mol. The van der Waals surface area contributed by atoms with Crippen LogP contribution in [-0.2, 0) is 4.84 Å². The number of rotatable bonds is 6. The van der Waals surface area contributed by atoms with E-state index in [4.69, 9.17) is 16.4 Å². The Labute approximate surface area is 220 Å². The number of guanidine groups is 1. The van der Waals surface area contributed by atoms with Gasteiger partial charge in [-0.3, -0.25) is 14.4 Å². The minimum absolute atomic E-state index is 0.0847. The van der Waals surface area contributed by atoms with Crippen LogP contribution in [0.4, 0.5) is 4.79 Å². The van der Waals surface area contributed by atoms with E-state index < -0.39 is 17.0 Å². The first kappa shape index (κ1) is 27.3. The molecule has 0 aliphatic carbocycles. The van der Waals surface area contributed by atoms with E-state index in [0.29, 0.717) is 22.6 Å². The van der Waals surface area contributed by atoms with Crippen molar-refractivity contribution >= 4 is 40.4 Å². The molecule has 190 valence electrons. The lowest BCUT2D eigenvalue weighted by molar-refractivity contribution is 0.103. The lowest BCUT2D eigenvalue weighted by Gasteiger charge is -2.21. The lowest BCUT2D eigenvalue weighted by atomic mass is 9.95. The van der Waals surface area contributed by atoms with Crippen LogP contribution in [0.2, 0.25) is 0 Å². The molecule has 0 aliphatic heterocycles. The number of aliphatic imine (C=N–C) groups is 1. The molecule has 0 bridgehead atoms. The summed E-state index contributed by atoms with van der Waals surface area (Å²) < 4.78 is 0. The highest BCUT2D eigenvalue weighted by molar-refractivity contribution is 6.84. The van der Waals surface area contributed by atoms with Crippen molar-refractivity contribution in [3.05, 3.63) is 95.1 Å². The lowest BCUT2D eigenvalue weighted by Crippen LogP contribution is -2.36. The Hall–Kier alpha value is -4.30. The number of carbonyl (C=O) groups is 3. The third kappa shape index (κ3) is 6.89. The average molecular weight is 519 g/mol. The van der Waals surface area contributed by atoms with Crippen LogP contribution in [0.1, 0.15) is 31.8 Å². The molecule has 3 aromatic rings. The van der Waals surface area contributed by atoms with Gasteiger partial charge < -0.3 is 9.80 Å². The summed E-state index contributed by atoms with van der Waals surface area (Å²) >= 11 is 6.03. The molecule has 0 saturated carbocycles. The van der Waals surface area contributed by atoms with Crippen LogP contribution in [-0.4, -0.2) is 66.8 Å². The molecular weight excluding hydrogens is 492 g/mol. The molecule has 3 aromatic carbocycles. The Morgan fingerprint density at radius 1 is 0.784 bits per heavy atom. The van der Waals surface area contributed by atoms with Crippen molar-refractivity contribution in [2.75, 3.05) is 28.2 Å². The van der Waals surface area contributed by atoms with Gasteiger partial charge in [0.1, 0.15) is 0 Å². The molecule has 3 rings (SSSR count). The first-order valence-electron chi connectivity index (χ1n) is 11.3. The highest BCUT2D eigenvalue weighted by atomic mass is 35.5. The molecule has 0 fully saturated rings.